The van der Waals surface area contributed by atoms with Crippen LogP contribution in [0.2, 0.25) is 0 Å². The van der Waals surface area contributed by atoms with Crippen molar-refractivity contribution in [2.75, 3.05) is 33.0 Å². The maximum atomic E-state index is 11.1. The number of rotatable bonds is 12. The monoisotopic (exact) mass is 277 g/mol. The van der Waals surface area contributed by atoms with E-state index in [1.54, 1.807) is 0 Å². The van der Waals surface area contributed by atoms with E-state index >= 15 is 0 Å². The van der Waals surface area contributed by atoms with Crippen molar-refractivity contribution in [3.8, 4) is 0 Å². The van der Waals surface area contributed by atoms with Gasteiger partial charge < -0.3 is 25.0 Å². The van der Waals surface area contributed by atoms with Crippen molar-refractivity contribution >= 4 is 17.8 Å². The number of hydrogen-bond donors (Lipinski definition) is 3. The topological polar surface area (TPSA) is 122 Å². The zero-order chi connectivity index (χ0) is 14.5. The van der Waals surface area contributed by atoms with Crippen molar-refractivity contribution in [3.05, 3.63) is 0 Å². The van der Waals surface area contributed by atoms with E-state index in [2.05, 4.69) is 5.32 Å². The third kappa shape index (κ3) is 14.3. The van der Waals surface area contributed by atoms with E-state index in [9.17, 15) is 14.4 Å². The van der Waals surface area contributed by atoms with Gasteiger partial charge in [0.05, 0.1) is 19.6 Å². The Morgan fingerprint density at radius 3 is 2.21 bits per heavy atom. The molecule has 0 atom stereocenters. The molecule has 0 spiro atoms. The maximum Gasteiger partial charge on any atom is 0.329 e. The van der Waals surface area contributed by atoms with E-state index < -0.39 is 11.9 Å². The molecule has 0 aromatic carbocycles. The van der Waals surface area contributed by atoms with Crippen LogP contribution in [0, 0.1) is 0 Å². The fourth-order valence-corrected chi connectivity index (χ4v) is 1.09. The predicted octanol–water partition coefficient (Wildman–Crippen LogP) is -0.525. The van der Waals surface area contributed by atoms with Crippen LogP contribution in [0.25, 0.3) is 0 Å². The minimum atomic E-state index is -1.02. The van der Waals surface area contributed by atoms with E-state index in [4.69, 9.17) is 19.7 Å². The van der Waals surface area contributed by atoms with Crippen molar-refractivity contribution in [1.29, 1.82) is 0 Å². The van der Waals surface area contributed by atoms with Crippen LogP contribution in [0.15, 0.2) is 0 Å². The number of carboxylic acids is 2. The second kappa shape index (κ2) is 11.4. The molecule has 0 fully saturated rings. The van der Waals surface area contributed by atoms with E-state index in [0.29, 0.717) is 26.2 Å². The van der Waals surface area contributed by atoms with E-state index in [1.807, 2.05) is 0 Å². The summed E-state index contributed by atoms with van der Waals surface area (Å²) >= 11 is 0. The number of nitrogens with one attached hydrogen (secondary N) is 1. The summed E-state index contributed by atoms with van der Waals surface area (Å²) in [5, 5.41) is 19.2. The first-order chi connectivity index (χ1) is 9.02. The van der Waals surface area contributed by atoms with Gasteiger partial charge in [-0.3, -0.25) is 9.59 Å². The fourth-order valence-electron chi connectivity index (χ4n) is 1.09. The quantitative estimate of drug-likeness (QED) is 0.410. The minimum Gasteiger partial charge on any atom is -0.481 e. The van der Waals surface area contributed by atoms with Gasteiger partial charge in [0.2, 0.25) is 5.91 Å². The summed E-state index contributed by atoms with van der Waals surface area (Å²) in [6.45, 7) is 0.977. The van der Waals surface area contributed by atoms with Gasteiger partial charge in [0, 0.05) is 19.6 Å². The standard InChI is InChI=1S/C11H19NO7/c13-9(2-3-10(14)15)12-4-1-5-18-6-7-19-8-11(16)17/h1-8H2,(H,12,13)(H,14,15)(H,16,17). The molecule has 110 valence electrons. The summed E-state index contributed by atoms with van der Waals surface area (Å²) in [5.74, 6) is -2.32. The summed E-state index contributed by atoms with van der Waals surface area (Å²) in [7, 11) is 0. The van der Waals surface area contributed by atoms with Crippen molar-refractivity contribution < 1.29 is 34.1 Å². The van der Waals surface area contributed by atoms with Crippen LogP contribution in [-0.2, 0) is 23.9 Å². The zero-order valence-electron chi connectivity index (χ0n) is 10.6. The lowest BCUT2D eigenvalue weighted by Crippen LogP contribution is -2.25. The van der Waals surface area contributed by atoms with Crippen LogP contribution in [-0.4, -0.2) is 61.0 Å². The third-order valence-electron chi connectivity index (χ3n) is 1.95. The Balaban J connectivity index is 3.20. The molecule has 0 rings (SSSR count). The largest absolute Gasteiger partial charge is 0.481 e. The van der Waals surface area contributed by atoms with Crippen LogP contribution in [0.5, 0.6) is 0 Å². The Bertz CT molecular complexity index is 293. The van der Waals surface area contributed by atoms with Gasteiger partial charge in [0.25, 0.3) is 0 Å². The molecule has 0 saturated carbocycles. The van der Waals surface area contributed by atoms with Gasteiger partial charge >= 0.3 is 11.9 Å². The van der Waals surface area contributed by atoms with Gasteiger partial charge in [0.15, 0.2) is 0 Å². The maximum absolute atomic E-state index is 11.1. The highest BCUT2D eigenvalue weighted by Crippen LogP contribution is 1.89. The fraction of sp³-hybridized carbons (Fsp3) is 0.727. The molecule has 19 heavy (non-hydrogen) atoms. The molecule has 0 unspecified atom stereocenters. The molecule has 1 amide bonds. The molecule has 8 heteroatoms. The molecular formula is C11H19NO7. The van der Waals surface area contributed by atoms with E-state index in [-0.39, 0.29) is 32.0 Å². The molecule has 8 nitrogen and oxygen atoms in total. The van der Waals surface area contributed by atoms with Gasteiger partial charge in [-0.1, -0.05) is 0 Å². The average Bonchev–Trinajstić information content (AvgIpc) is 2.34. The van der Waals surface area contributed by atoms with Gasteiger partial charge in [-0.2, -0.15) is 0 Å². The SMILES string of the molecule is O=C(O)CCC(=O)NCCCOCCOCC(=O)O. The number of amides is 1. The highest BCUT2D eigenvalue weighted by atomic mass is 16.5. The van der Waals surface area contributed by atoms with Crippen molar-refractivity contribution in [2.45, 2.75) is 19.3 Å². The second-order valence-corrected chi connectivity index (χ2v) is 3.66. The lowest BCUT2D eigenvalue weighted by atomic mass is 10.3. The van der Waals surface area contributed by atoms with Crippen molar-refractivity contribution in [1.82, 2.24) is 5.32 Å². The average molecular weight is 277 g/mol. The third-order valence-corrected chi connectivity index (χ3v) is 1.95. The molecule has 0 radical (unpaired) electrons. The molecule has 0 aromatic rings. The number of carbonyl (C=O) groups excluding carboxylic acids is 1. The Hall–Kier alpha value is -1.67. The molecule has 0 aliphatic rings. The normalized spacial score (nSPS) is 10.1. The molecule has 0 aliphatic heterocycles. The van der Waals surface area contributed by atoms with E-state index in [1.165, 1.54) is 0 Å². The first-order valence-corrected chi connectivity index (χ1v) is 5.88. The number of hydrogen-bond acceptors (Lipinski definition) is 5. The first kappa shape index (κ1) is 17.3. The lowest BCUT2D eigenvalue weighted by molar-refractivity contribution is -0.142. The summed E-state index contributed by atoms with van der Waals surface area (Å²) in [4.78, 5) is 31.4. The first-order valence-electron chi connectivity index (χ1n) is 5.88. The number of ether oxygens (including phenoxy) is 2. The Morgan fingerprint density at radius 1 is 0.895 bits per heavy atom. The van der Waals surface area contributed by atoms with Crippen LogP contribution in [0.4, 0.5) is 0 Å². The molecule has 0 heterocycles. The van der Waals surface area contributed by atoms with Crippen molar-refractivity contribution in [2.24, 2.45) is 0 Å². The second-order valence-electron chi connectivity index (χ2n) is 3.66. The van der Waals surface area contributed by atoms with Crippen LogP contribution < -0.4 is 5.32 Å². The van der Waals surface area contributed by atoms with Crippen LogP contribution >= 0.6 is 0 Å². The number of carbonyl (C=O) groups is 3. The summed E-state index contributed by atoms with van der Waals surface area (Å²) in [6, 6.07) is 0. The van der Waals surface area contributed by atoms with Gasteiger partial charge in [-0.05, 0) is 6.42 Å². The molecule has 3 N–H and O–H groups in total. The van der Waals surface area contributed by atoms with Crippen LogP contribution in [0.3, 0.4) is 0 Å². The van der Waals surface area contributed by atoms with Crippen molar-refractivity contribution in [3.63, 3.8) is 0 Å². The summed E-state index contributed by atoms with van der Waals surface area (Å²) in [6.07, 6.45) is 0.389. The highest BCUT2D eigenvalue weighted by Gasteiger charge is 2.04. The van der Waals surface area contributed by atoms with Gasteiger partial charge in [-0.15, -0.1) is 0 Å². The smallest absolute Gasteiger partial charge is 0.329 e. The lowest BCUT2D eigenvalue weighted by Gasteiger charge is -2.05. The molecule has 0 aliphatic carbocycles. The zero-order valence-corrected chi connectivity index (χ0v) is 10.6. The molecule has 0 aromatic heterocycles. The molecule has 0 bridgehead atoms. The Morgan fingerprint density at radius 2 is 1.58 bits per heavy atom. The summed E-state index contributed by atoms with van der Waals surface area (Å²) in [5.41, 5.74) is 0. The highest BCUT2D eigenvalue weighted by molar-refractivity contribution is 5.80. The molecule has 0 saturated heterocycles. The minimum absolute atomic E-state index is 0.0286. The molecular weight excluding hydrogens is 258 g/mol. The summed E-state index contributed by atoms with van der Waals surface area (Å²) < 4.78 is 9.88. The predicted molar refractivity (Wildman–Crippen MR) is 63.8 cm³/mol. The van der Waals surface area contributed by atoms with E-state index in [0.717, 1.165) is 0 Å². The van der Waals surface area contributed by atoms with Gasteiger partial charge in [-0.25, -0.2) is 4.79 Å². The number of aliphatic carboxylic acids is 2. The Kier molecular flexibility index (Phi) is 10.4. The van der Waals surface area contributed by atoms with Crippen LogP contribution in [0.1, 0.15) is 19.3 Å². The van der Waals surface area contributed by atoms with Gasteiger partial charge in [0.1, 0.15) is 6.61 Å². The Labute approximate surface area is 110 Å². The number of carboxylic acid groups (broad SMARTS) is 2.